The number of carbonyl (C=O) groups excluding carboxylic acids is 3. The lowest BCUT2D eigenvalue weighted by Crippen LogP contribution is -2.41. The van der Waals surface area contributed by atoms with Crippen LogP contribution in [-0.2, 0) is 9.63 Å². The molecule has 0 bridgehead atoms. The van der Waals surface area contributed by atoms with Crippen LogP contribution in [0.15, 0.2) is 48.5 Å². The number of hydroxylamine groups is 2. The fourth-order valence-electron chi connectivity index (χ4n) is 2.51. The summed E-state index contributed by atoms with van der Waals surface area (Å²) in [5.74, 6) is -2.01. The van der Waals surface area contributed by atoms with Crippen LogP contribution in [0.2, 0.25) is 5.02 Å². The summed E-state index contributed by atoms with van der Waals surface area (Å²) >= 11 is 5.83. The van der Waals surface area contributed by atoms with Gasteiger partial charge in [0.1, 0.15) is 5.75 Å². The van der Waals surface area contributed by atoms with Crippen LogP contribution in [0.3, 0.4) is 0 Å². The van der Waals surface area contributed by atoms with Gasteiger partial charge in [-0.25, -0.2) is 4.79 Å². The van der Waals surface area contributed by atoms with Gasteiger partial charge in [0.25, 0.3) is 11.8 Å². The fourth-order valence-corrected chi connectivity index (χ4v) is 2.63. The minimum atomic E-state index is -1.000. The summed E-state index contributed by atoms with van der Waals surface area (Å²) in [5, 5.41) is 1.01. The van der Waals surface area contributed by atoms with Crippen molar-refractivity contribution in [1.82, 2.24) is 5.06 Å². The maximum atomic E-state index is 12.5. The highest BCUT2D eigenvalue weighted by atomic mass is 35.5. The number of imide groups is 1. The van der Waals surface area contributed by atoms with Crippen molar-refractivity contribution >= 4 is 29.4 Å². The molecule has 6 nitrogen and oxygen atoms in total. The van der Waals surface area contributed by atoms with Gasteiger partial charge in [-0.05, 0) is 36.4 Å². The van der Waals surface area contributed by atoms with Gasteiger partial charge in [0.15, 0.2) is 6.10 Å². The highest BCUT2D eigenvalue weighted by molar-refractivity contribution is 6.30. The molecule has 2 aromatic carbocycles. The van der Waals surface area contributed by atoms with Crippen molar-refractivity contribution in [3.05, 3.63) is 64.7 Å². The normalized spacial score (nSPS) is 14.4. The van der Waals surface area contributed by atoms with Gasteiger partial charge < -0.3 is 9.57 Å². The Bertz CT molecular complexity index is 827. The second kappa shape index (κ2) is 7.17. The van der Waals surface area contributed by atoms with E-state index in [1.807, 2.05) is 0 Å². The number of ether oxygens (including phenoxy) is 1. The molecule has 134 valence electrons. The summed E-state index contributed by atoms with van der Waals surface area (Å²) in [6.45, 7) is 3.54. The molecule has 0 saturated heterocycles. The number of halogens is 1. The van der Waals surface area contributed by atoms with E-state index in [1.54, 1.807) is 50.2 Å². The lowest BCUT2D eigenvalue weighted by molar-refractivity contribution is -0.179. The lowest BCUT2D eigenvalue weighted by Gasteiger charge is -2.22. The van der Waals surface area contributed by atoms with Crippen molar-refractivity contribution in [2.24, 2.45) is 5.92 Å². The Labute approximate surface area is 155 Å². The van der Waals surface area contributed by atoms with E-state index >= 15 is 0 Å². The summed E-state index contributed by atoms with van der Waals surface area (Å²) in [6, 6.07) is 12.8. The zero-order chi connectivity index (χ0) is 18.8. The highest BCUT2D eigenvalue weighted by Crippen LogP contribution is 2.24. The Morgan fingerprint density at radius 2 is 1.50 bits per heavy atom. The van der Waals surface area contributed by atoms with Gasteiger partial charge in [-0.1, -0.05) is 42.6 Å². The molecule has 1 aliphatic rings. The highest BCUT2D eigenvalue weighted by Gasteiger charge is 2.40. The summed E-state index contributed by atoms with van der Waals surface area (Å²) in [4.78, 5) is 42.2. The molecule has 2 aromatic rings. The molecular formula is C19H16ClNO5. The van der Waals surface area contributed by atoms with Gasteiger partial charge in [-0.15, -0.1) is 0 Å². The number of hydrogen-bond acceptors (Lipinski definition) is 5. The van der Waals surface area contributed by atoms with E-state index < -0.39 is 23.9 Å². The number of amides is 2. The average Bonchev–Trinajstić information content (AvgIpc) is 2.86. The van der Waals surface area contributed by atoms with Crippen LogP contribution < -0.4 is 4.74 Å². The average molecular weight is 374 g/mol. The van der Waals surface area contributed by atoms with Crippen molar-refractivity contribution in [3.8, 4) is 5.75 Å². The van der Waals surface area contributed by atoms with Crippen LogP contribution in [0.1, 0.15) is 34.6 Å². The molecule has 1 atom stereocenters. The van der Waals surface area contributed by atoms with E-state index in [2.05, 4.69) is 0 Å². The SMILES string of the molecule is CC(C)C(Oc1ccc(Cl)cc1)C(=O)ON1C(=O)c2ccccc2C1=O. The Hall–Kier alpha value is -2.86. The Kier molecular flexibility index (Phi) is 4.95. The molecule has 0 N–H and O–H groups in total. The number of benzene rings is 2. The van der Waals surface area contributed by atoms with E-state index in [0.717, 1.165) is 0 Å². The molecule has 0 aromatic heterocycles. The fraction of sp³-hybridized carbons (Fsp3) is 0.211. The minimum absolute atomic E-state index is 0.199. The third-order valence-corrected chi connectivity index (χ3v) is 4.10. The first-order chi connectivity index (χ1) is 12.4. The van der Waals surface area contributed by atoms with Crippen molar-refractivity contribution in [2.45, 2.75) is 20.0 Å². The molecule has 1 unspecified atom stereocenters. The van der Waals surface area contributed by atoms with E-state index in [9.17, 15) is 14.4 Å². The number of fused-ring (bicyclic) bond motifs is 1. The number of nitrogens with zero attached hydrogens (tertiary/aromatic N) is 1. The quantitative estimate of drug-likeness (QED) is 0.750. The molecule has 1 aliphatic heterocycles. The summed E-state index contributed by atoms with van der Waals surface area (Å²) in [7, 11) is 0. The third-order valence-electron chi connectivity index (χ3n) is 3.85. The van der Waals surface area contributed by atoms with E-state index in [4.69, 9.17) is 21.2 Å². The van der Waals surface area contributed by atoms with Crippen LogP contribution in [0.25, 0.3) is 0 Å². The van der Waals surface area contributed by atoms with E-state index in [1.165, 1.54) is 12.1 Å². The Morgan fingerprint density at radius 1 is 0.962 bits per heavy atom. The largest absolute Gasteiger partial charge is 0.478 e. The van der Waals surface area contributed by atoms with Crippen molar-refractivity contribution < 1.29 is 24.0 Å². The number of carbonyl (C=O) groups is 3. The summed E-state index contributed by atoms with van der Waals surface area (Å²) < 4.78 is 5.67. The predicted molar refractivity (Wildman–Crippen MR) is 93.7 cm³/mol. The number of rotatable bonds is 5. The van der Waals surface area contributed by atoms with Crippen molar-refractivity contribution in [2.75, 3.05) is 0 Å². The molecule has 1 heterocycles. The molecule has 7 heteroatoms. The predicted octanol–water partition coefficient (Wildman–Crippen LogP) is 3.50. The molecule has 3 rings (SSSR count). The molecule has 2 amide bonds. The first-order valence-corrected chi connectivity index (χ1v) is 8.38. The zero-order valence-electron chi connectivity index (χ0n) is 14.1. The van der Waals surface area contributed by atoms with Gasteiger partial charge >= 0.3 is 5.97 Å². The second-order valence-electron chi connectivity index (χ2n) is 6.10. The molecule has 0 radical (unpaired) electrons. The van der Waals surface area contributed by atoms with Gasteiger partial charge in [-0.3, -0.25) is 9.59 Å². The first kappa shape index (κ1) is 17.9. The van der Waals surface area contributed by atoms with Gasteiger partial charge in [-0.2, -0.15) is 0 Å². The first-order valence-electron chi connectivity index (χ1n) is 8.00. The molecular weight excluding hydrogens is 358 g/mol. The van der Waals surface area contributed by atoms with Crippen LogP contribution in [0.4, 0.5) is 0 Å². The molecule has 26 heavy (non-hydrogen) atoms. The summed E-state index contributed by atoms with van der Waals surface area (Å²) in [6.07, 6.45) is -1.000. The maximum Gasteiger partial charge on any atom is 0.373 e. The van der Waals surface area contributed by atoms with Gasteiger partial charge in [0.05, 0.1) is 11.1 Å². The molecule has 0 saturated carbocycles. The second-order valence-corrected chi connectivity index (χ2v) is 6.53. The molecule has 0 fully saturated rings. The van der Waals surface area contributed by atoms with Crippen LogP contribution in [-0.4, -0.2) is 29.0 Å². The smallest absolute Gasteiger partial charge is 0.373 e. The topological polar surface area (TPSA) is 72.9 Å². The van der Waals surface area contributed by atoms with Crippen LogP contribution in [0.5, 0.6) is 5.75 Å². The van der Waals surface area contributed by atoms with Crippen molar-refractivity contribution in [1.29, 1.82) is 0 Å². The van der Waals surface area contributed by atoms with E-state index in [0.29, 0.717) is 15.8 Å². The third kappa shape index (κ3) is 3.41. The Balaban J connectivity index is 1.76. The standard InChI is InChI=1S/C19H16ClNO5/c1-11(2)16(25-13-9-7-12(20)8-10-13)19(24)26-21-17(22)14-5-3-4-6-15(14)18(21)23/h3-11,16H,1-2H3. The Morgan fingerprint density at radius 3 is 2.00 bits per heavy atom. The van der Waals surface area contributed by atoms with Crippen LogP contribution in [0, 0.1) is 5.92 Å². The van der Waals surface area contributed by atoms with E-state index in [-0.39, 0.29) is 17.0 Å². The van der Waals surface area contributed by atoms with Crippen LogP contribution >= 0.6 is 11.6 Å². The molecule has 0 aliphatic carbocycles. The minimum Gasteiger partial charge on any atom is -0.478 e. The molecule has 0 spiro atoms. The van der Waals surface area contributed by atoms with Crippen molar-refractivity contribution in [3.63, 3.8) is 0 Å². The zero-order valence-corrected chi connectivity index (χ0v) is 14.9. The number of hydrogen-bond donors (Lipinski definition) is 0. The monoisotopic (exact) mass is 373 g/mol. The van der Waals surface area contributed by atoms with Gasteiger partial charge in [0, 0.05) is 10.9 Å². The summed E-state index contributed by atoms with van der Waals surface area (Å²) in [5.41, 5.74) is 0.398. The lowest BCUT2D eigenvalue weighted by atomic mass is 10.1. The maximum absolute atomic E-state index is 12.5. The van der Waals surface area contributed by atoms with Gasteiger partial charge in [0.2, 0.25) is 0 Å².